The fraction of sp³-hybridized carbons (Fsp3) is 0.0690. The molecule has 2 amide bonds. The summed E-state index contributed by atoms with van der Waals surface area (Å²) in [6.45, 7) is 2.55. The van der Waals surface area contributed by atoms with Crippen molar-refractivity contribution >= 4 is 71.8 Å². The molecule has 1 aliphatic rings. The van der Waals surface area contributed by atoms with Gasteiger partial charge in [0.05, 0.1) is 30.8 Å². The number of nitrogens with zero attached hydrogens (tertiary/aromatic N) is 2. The zero-order valence-corrected chi connectivity index (χ0v) is 26.3. The molecular formula is C29H22N6O11S2. The summed E-state index contributed by atoms with van der Waals surface area (Å²) in [6.07, 6.45) is 0. The van der Waals surface area contributed by atoms with Crippen molar-refractivity contribution in [3.8, 4) is 11.1 Å². The number of nitro benzene ring substituents is 2. The van der Waals surface area contributed by atoms with Crippen molar-refractivity contribution < 1.29 is 41.1 Å². The smallest absolute Gasteiger partial charge is 0.279 e. The molecule has 0 radical (unpaired) electrons. The van der Waals surface area contributed by atoms with Crippen LogP contribution in [0, 0.1) is 20.2 Å². The fourth-order valence-electron chi connectivity index (χ4n) is 4.91. The van der Waals surface area contributed by atoms with Crippen molar-refractivity contribution in [3.05, 3.63) is 104 Å². The van der Waals surface area contributed by atoms with Crippen molar-refractivity contribution in [2.45, 2.75) is 23.6 Å². The summed E-state index contributed by atoms with van der Waals surface area (Å²) in [7, 11) is -9.19. The van der Waals surface area contributed by atoms with Gasteiger partial charge in [-0.15, -0.1) is 0 Å². The van der Waals surface area contributed by atoms with Crippen molar-refractivity contribution in [2.24, 2.45) is 0 Å². The second kappa shape index (κ2) is 12.2. The van der Waals surface area contributed by atoms with Gasteiger partial charge in [0.15, 0.2) is 5.78 Å². The first-order valence-electron chi connectivity index (χ1n) is 13.5. The molecule has 4 aromatic rings. The SMILES string of the molecule is CC(=O)Nc1ccc(NS(=O)(=O)c2cc3c(c([N+](=O)[O-])c2)-c2c(cc(S(=O)(=O)Nc4ccc(NC(C)=O)cc4)cc2[N+](=O)[O-])C3=O)cc1. The Labute approximate surface area is 271 Å². The number of amides is 2. The molecular weight excluding hydrogens is 672 g/mol. The number of carbonyl (C=O) groups is 3. The van der Waals surface area contributed by atoms with E-state index in [0.717, 1.165) is 12.1 Å². The fourth-order valence-corrected chi connectivity index (χ4v) is 7.11. The van der Waals surface area contributed by atoms with Crippen LogP contribution in [0.2, 0.25) is 0 Å². The average molecular weight is 695 g/mol. The molecule has 0 saturated heterocycles. The number of anilines is 4. The quantitative estimate of drug-likeness (QED) is 0.119. The van der Waals surface area contributed by atoms with E-state index in [9.17, 15) is 51.4 Å². The summed E-state index contributed by atoms with van der Waals surface area (Å²) >= 11 is 0. The highest BCUT2D eigenvalue weighted by Crippen LogP contribution is 2.49. The van der Waals surface area contributed by atoms with Gasteiger partial charge in [0.2, 0.25) is 11.8 Å². The van der Waals surface area contributed by atoms with Gasteiger partial charge in [0, 0.05) is 59.9 Å². The lowest BCUT2D eigenvalue weighted by molar-refractivity contribution is -0.386. The summed E-state index contributed by atoms with van der Waals surface area (Å²) in [6, 6.07) is 13.7. The minimum Gasteiger partial charge on any atom is -0.326 e. The number of nitro groups is 2. The lowest BCUT2D eigenvalue weighted by Crippen LogP contribution is -2.14. The summed E-state index contributed by atoms with van der Waals surface area (Å²) in [5, 5.41) is 29.4. The van der Waals surface area contributed by atoms with Gasteiger partial charge in [-0.3, -0.25) is 44.1 Å². The Bertz CT molecular complexity index is 2130. The summed E-state index contributed by atoms with van der Waals surface area (Å²) < 4.78 is 57.6. The zero-order valence-electron chi connectivity index (χ0n) is 24.6. The molecule has 19 heteroatoms. The second-order valence-electron chi connectivity index (χ2n) is 10.3. The molecule has 0 bridgehead atoms. The van der Waals surface area contributed by atoms with Gasteiger partial charge in [-0.05, 0) is 60.7 Å². The van der Waals surface area contributed by atoms with E-state index >= 15 is 0 Å². The largest absolute Gasteiger partial charge is 0.326 e. The Morgan fingerprint density at radius 1 is 0.583 bits per heavy atom. The Morgan fingerprint density at radius 3 is 1.19 bits per heavy atom. The van der Waals surface area contributed by atoms with Crippen LogP contribution in [0.25, 0.3) is 11.1 Å². The number of sulfonamides is 2. The first-order valence-corrected chi connectivity index (χ1v) is 16.4. The van der Waals surface area contributed by atoms with Crippen LogP contribution in [0.4, 0.5) is 34.1 Å². The number of fused-ring (bicyclic) bond motifs is 3. The second-order valence-corrected chi connectivity index (χ2v) is 13.7. The van der Waals surface area contributed by atoms with Gasteiger partial charge >= 0.3 is 0 Å². The van der Waals surface area contributed by atoms with Gasteiger partial charge in [0.25, 0.3) is 31.4 Å². The third kappa shape index (κ3) is 6.52. The summed E-state index contributed by atoms with van der Waals surface area (Å²) in [5.74, 6) is -1.81. The lowest BCUT2D eigenvalue weighted by atomic mass is 10.0. The number of ketones is 1. The van der Waals surface area contributed by atoms with Gasteiger partial charge in [-0.25, -0.2) is 16.8 Å². The van der Waals surface area contributed by atoms with Crippen LogP contribution in [0.5, 0.6) is 0 Å². The number of benzene rings is 4. The van der Waals surface area contributed by atoms with Crippen molar-refractivity contribution in [1.29, 1.82) is 0 Å². The summed E-state index contributed by atoms with van der Waals surface area (Å²) in [5.41, 5.74) is -3.39. The minimum atomic E-state index is -4.60. The molecule has 0 saturated carbocycles. The molecule has 48 heavy (non-hydrogen) atoms. The van der Waals surface area contributed by atoms with E-state index in [-0.39, 0.29) is 23.2 Å². The van der Waals surface area contributed by atoms with E-state index in [0.29, 0.717) is 23.5 Å². The Morgan fingerprint density at radius 2 is 0.896 bits per heavy atom. The highest BCUT2D eigenvalue weighted by molar-refractivity contribution is 7.93. The van der Waals surface area contributed by atoms with Crippen LogP contribution >= 0.6 is 0 Å². The van der Waals surface area contributed by atoms with Gasteiger partial charge < -0.3 is 10.6 Å². The third-order valence-corrected chi connectivity index (χ3v) is 9.57. The predicted octanol–water partition coefficient (Wildman–Crippen LogP) is 4.23. The number of hydrogen-bond acceptors (Lipinski definition) is 11. The van der Waals surface area contributed by atoms with Crippen LogP contribution in [0.15, 0.2) is 82.6 Å². The average Bonchev–Trinajstić information content (AvgIpc) is 3.29. The highest BCUT2D eigenvalue weighted by atomic mass is 32.2. The molecule has 246 valence electrons. The molecule has 0 unspecified atom stereocenters. The minimum absolute atomic E-state index is 0.00427. The van der Waals surface area contributed by atoms with Crippen LogP contribution in [-0.2, 0) is 29.6 Å². The molecule has 0 spiro atoms. The maximum Gasteiger partial charge on any atom is 0.279 e. The van der Waals surface area contributed by atoms with Gasteiger partial charge in [0.1, 0.15) is 0 Å². The molecule has 1 aliphatic carbocycles. The van der Waals surface area contributed by atoms with Gasteiger partial charge in [-0.1, -0.05) is 0 Å². The topological polar surface area (TPSA) is 254 Å². The van der Waals surface area contributed by atoms with E-state index in [2.05, 4.69) is 20.1 Å². The van der Waals surface area contributed by atoms with Crippen molar-refractivity contribution in [3.63, 3.8) is 0 Å². The maximum absolute atomic E-state index is 13.6. The van der Waals surface area contributed by atoms with Gasteiger partial charge in [-0.2, -0.15) is 0 Å². The number of carbonyl (C=O) groups excluding carboxylic acids is 3. The Balaban J connectivity index is 1.56. The van der Waals surface area contributed by atoms with Crippen LogP contribution in [0.1, 0.15) is 29.8 Å². The molecule has 0 atom stereocenters. The van der Waals surface area contributed by atoms with Crippen molar-refractivity contribution in [1.82, 2.24) is 0 Å². The van der Waals surface area contributed by atoms with E-state index in [1.807, 2.05) is 0 Å². The molecule has 5 rings (SSSR count). The maximum atomic E-state index is 13.6. The van der Waals surface area contributed by atoms with Crippen LogP contribution < -0.4 is 20.1 Å². The Hall–Kier alpha value is -6.21. The lowest BCUT2D eigenvalue weighted by Gasteiger charge is -2.11. The van der Waals surface area contributed by atoms with Crippen LogP contribution in [0.3, 0.4) is 0 Å². The van der Waals surface area contributed by atoms with Crippen molar-refractivity contribution in [2.75, 3.05) is 20.1 Å². The molecule has 0 fully saturated rings. The molecule has 4 aromatic carbocycles. The zero-order chi connectivity index (χ0) is 35.1. The molecule has 0 aromatic heterocycles. The normalized spacial score (nSPS) is 12.0. The molecule has 0 heterocycles. The summed E-state index contributed by atoms with van der Waals surface area (Å²) in [4.78, 5) is 57.0. The monoisotopic (exact) mass is 694 g/mol. The first kappa shape index (κ1) is 33.2. The number of rotatable bonds is 10. The highest BCUT2D eigenvalue weighted by Gasteiger charge is 2.41. The molecule has 0 aliphatic heterocycles. The van der Waals surface area contributed by atoms with E-state index in [4.69, 9.17) is 0 Å². The van der Waals surface area contributed by atoms with E-state index in [1.54, 1.807) is 0 Å². The predicted molar refractivity (Wildman–Crippen MR) is 172 cm³/mol. The standard InChI is InChI=1S/C29H22N6O11S2/c1-15(36)30-17-3-7-19(8-4-17)32-47(43,44)21-11-23-27(25(13-21)34(39)40)28-24(29(23)38)12-22(14-26(28)35(41)42)48(45,46)33-20-9-5-18(6-10-20)31-16(2)37/h3-14,32-33H,1-2H3,(H,30,36)(H,31,37). The Kier molecular flexibility index (Phi) is 8.42. The molecule has 17 nitrogen and oxygen atoms in total. The molecule has 4 N–H and O–H groups in total. The van der Waals surface area contributed by atoms with E-state index < -0.39 is 79.1 Å². The number of nitrogens with one attached hydrogen (secondary N) is 4. The first-order chi connectivity index (χ1) is 22.5. The van der Waals surface area contributed by atoms with Crippen LogP contribution in [-0.4, -0.2) is 44.3 Å². The number of hydrogen-bond donors (Lipinski definition) is 4. The van der Waals surface area contributed by atoms with E-state index in [1.165, 1.54) is 62.4 Å². The third-order valence-electron chi connectivity index (χ3n) is 6.85.